The van der Waals surface area contributed by atoms with Crippen LogP contribution in [0.5, 0.6) is 0 Å². The molecule has 42 heavy (non-hydrogen) atoms. The van der Waals surface area contributed by atoms with Crippen LogP contribution in [0.3, 0.4) is 0 Å². The van der Waals surface area contributed by atoms with E-state index in [2.05, 4.69) is 10.6 Å². The van der Waals surface area contributed by atoms with Crippen LogP contribution in [0.15, 0.2) is 57.9 Å². The molecule has 220 valence electrons. The lowest BCUT2D eigenvalue weighted by molar-refractivity contribution is -0.140. The summed E-state index contributed by atoms with van der Waals surface area (Å²) in [5.41, 5.74) is 1.98. The molecule has 2 fully saturated rings. The first-order valence-corrected chi connectivity index (χ1v) is 14.2. The Hall–Kier alpha value is -4.67. The molecule has 0 saturated carbocycles. The second-order valence-electron chi connectivity index (χ2n) is 10.6. The maximum absolute atomic E-state index is 13.6. The number of benzene rings is 2. The molecule has 5 rings (SSSR count). The van der Waals surface area contributed by atoms with Gasteiger partial charge in [0.05, 0.1) is 19.2 Å². The molecule has 0 radical (unpaired) electrons. The SMILES string of the molecule is COC(=O)c1ccc(C(=O)NC(=NC2CCCCN(CC(=O)N3CCCC3)C2=O)Nc2ccc3oc(C)cc3c2)cc1. The molecule has 3 heterocycles. The van der Waals surface area contributed by atoms with E-state index >= 15 is 0 Å². The molecule has 3 amide bonds. The van der Waals surface area contributed by atoms with Crippen LogP contribution in [0.1, 0.15) is 58.6 Å². The second kappa shape index (κ2) is 12.9. The van der Waals surface area contributed by atoms with Crippen LogP contribution in [-0.2, 0) is 14.3 Å². The highest BCUT2D eigenvalue weighted by Crippen LogP contribution is 2.23. The van der Waals surface area contributed by atoms with Crippen LogP contribution >= 0.6 is 0 Å². The average molecular weight is 574 g/mol. The molecule has 11 nitrogen and oxygen atoms in total. The minimum Gasteiger partial charge on any atom is -0.465 e. The summed E-state index contributed by atoms with van der Waals surface area (Å²) in [6.45, 7) is 3.84. The van der Waals surface area contributed by atoms with E-state index in [1.165, 1.54) is 31.4 Å². The van der Waals surface area contributed by atoms with Gasteiger partial charge in [0, 0.05) is 36.3 Å². The molecule has 2 aliphatic heterocycles. The zero-order valence-electron chi connectivity index (χ0n) is 23.9. The third kappa shape index (κ3) is 6.79. The number of hydrogen-bond acceptors (Lipinski definition) is 7. The molecule has 2 aliphatic rings. The Morgan fingerprint density at radius 3 is 2.43 bits per heavy atom. The summed E-state index contributed by atoms with van der Waals surface area (Å²) in [5.74, 6) is -0.390. The van der Waals surface area contributed by atoms with E-state index in [0.29, 0.717) is 29.8 Å². The fraction of sp³-hybridized carbons (Fsp3) is 0.387. The van der Waals surface area contributed by atoms with Gasteiger partial charge < -0.3 is 24.3 Å². The fourth-order valence-corrected chi connectivity index (χ4v) is 5.29. The van der Waals surface area contributed by atoms with Gasteiger partial charge in [0.1, 0.15) is 17.4 Å². The van der Waals surface area contributed by atoms with Crippen molar-refractivity contribution in [1.29, 1.82) is 0 Å². The van der Waals surface area contributed by atoms with E-state index in [1.54, 1.807) is 11.0 Å². The first-order valence-electron chi connectivity index (χ1n) is 14.2. The fourth-order valence-electron chi connectivity index (χ4n) is 5.29. The van der Waals surface area contributed by atoms with Crippen LogP contribution in [0, 0.1) is 6.92 Å². The third-order valence-corrected chi connectivity index (χ3v) is 7.52. The van der Waals surface area contributed by atoms with Crippen molar-refractivity contribution in [2.45, 2.75) is 45.1 Å². The average Bonchev–Trinajstić information content (AvgIpc) is 3.63. The Morgan fingerprint density at radius 2 is 1.69 bits per heavy atom. The monoisotopic (exact) mass is 573 g/mol. The largest absolute Gasteiger partial charge is 0.465 e. The molecular formula is C31H35N5O6. The van der Waals surface area contributed by atoms with E-state index in [-0.39, 0.29) is 24.3 Å². The van der Waals surface area contributed by atoms with Crippen molar-refractivity contribution in [3.05, 3.63) is 65.4 Å². The number of esters is 1. The van der Waals surface area contributed by atoms with Gasteiger partial charge in [-0.15, -0.1) is 0 Å². The first kappa shape index (κ1) is 28.8. The number of aliphatic imine (C=N–C) groups is 1. The van der Waals surface area contributed by atoms with Gasteiger partial charge in [-0.25, -0.2) is 9.79 Å². The minimum atomic E-state index is -0.775. The zero-order chi connectivity index (χ0) is 29.6. The lowest BCUT2D eigenvalue weighted by Gasteiger charge is -2.25. The Bertz CT molecular complexity index is 1510. The van der Waals surface area contributed by atoms with Crippen LogP contribution in [0.25, 0.3) is 11.0 Å². The third-order valence-electron chi connectivity index (χ3n) is 7.52. The number of nitrogens with one attached hydrogen (secondary N) is 2. The lowest BCUT2D eigenvalue weighted by Crippen LogP contribution is -2.45. The predicted octanol–water partition coefficient (Wildman–Crippen LogP) is 3.73. The number of furan rings is 1. The van der Waals surface area contributed by atoms with Crippen molar-refractivity contribution in [1.82, 2.24) is 15.1 Å². The van der Waals surface area contributed by atoms with Crippen molar-refractivity contribution in [3.63, 3.8) is 0 Å². The van der Waals surface area contributed by atoms with Gasteiger partial charge in [0.15, 0.2) is 0 Å². The van der Waals surface area contributed by atoms with Crippen molar-refractivity contribution in [3.8, 4) is 0 Å². The van der Waals surface area contributed by atoms with Crippen molar-refractivity contribution in [2.24, 2.45) is 4.99 Å². The Kier molecular flexibility index (Phi) is 8.85. The lowest BCUT2D eigenvalue weighted by atomic mass is 10.1. The molecule has 0 bridgehead atoms. The summed E-state index contributed by atoms with van der Waals surface area (Å²) >= 11 is 0. The van der Waals surface area contributed by atoms with Gasteiger partial charge in [-0.3, -0.25) is 19.7 Å². The van der Waals surface area contributed by atoms with Gasteiger partial charge in [-0.05, 0) is 87.6 Å². The number of amides is 3. The summed E-state index contributed by atoms with van der Waals surface area (Å²) in [4.78, 5) is 59.6. The Balaban J connectivity index is 1.39. The number of methoxy groups -OCH3 is 1. The summed E-state index contributed by atoms with van der Waals surface area (Å²) in [5, 5.41) is 6.84. The van der Waals surface area contributed by atoms with Gasteiger partial charge in [-0.1, -0.05) is 0 Å². The molecule has 1 atom stereocenters. The summed E-state index contributed by atoms with van der Waals surface area (Å²) < 4.78 is 10.4. The highest BCUT2D eigenvalue weighted by atomic mass is 16.5. The summed E-state index contributed by atoms with van der Waals surface area (Å²) in [6, 6.07) is 12.7. The minimum absolute atomic E-state index is 0.0308. The van der Waals surface area contributed by atoms with Crippen molar-refractivity contribution in [2.75, 3.05) is 38.6 Å². The van der Waals surface area contributed by atoms with Crippen molar-refractivity contribution >= 4 is 46.3 Å². The Labute approximate surface area is 243 Å². The number of anilines is 1. The van der Waals surface area contributed by atoms with Gasteiger partial charge in [-0.2, -0.15) is 0 Å². The molecule has 3 aromatic rings. The number of ether oxygens (including phenoxy) is 1. The van der Waals surface area contributed by atoms with E-state index in [0.717, 1.165) is 55.5 Å². The van der Waals surface area contributed by atoms with Gasteiger partial charge in [0.25, 0.3) is 5.91 Å². The molecule has 1 unspecified atom stereocenters. The molecule has 2 N–H and O–H groups in total. The smallest absolute Gasteiger partial charge is 0.337 e. The topological polar surface area (TPSA) is 134 Å². The molecule has 0 spiro atoms. The van der Waals surface area contributed by atoms with E-state index in [9.17, 15) is 19.2 Å². The number of likely N-dealkylation sites (tertiary alicyclic amines) is 2. The summed E-state index contributed by atoms with van der Waals surface area (Å²) in [6.07, 6.45) is 3.98. The number of rotatable bonds is 6. The number of carbonyl (C=O) groups excluding carboxylic acids is 4. The van der Waals surface area contributed by atoms with Crippen molar-refractivity contribution < 1.29 is 28.3 Å². The molecule has 2 aromatic carbocycles. The zero-order valence-corrected chi connectivity index (χ0v) is 23.9. The maximum Gasteiger partial charge on any atom is 0.337 e. The van der Waals surface area contributed by atoms with E-state index < -0.39 is 17.9 Å². The first-order chi connectivity index (χ1) is 20.3. The normalized spacial score (nSPS) is 17.7. The van der Waals surface area contributed by atoms with Crippen LogP contribution in [0.4, 0.5) is 5.69 Å². The van der Waals surface area contributed by atoms with Crippen LogP contribution in [0.2, 0.25) is 0 Å². The Morgan fingerprint density at radius 1 is 0.976 bits per heavy atom. The number of nitrogens with zero attached hydrogens (tertiary/aromatic N) is 3. The van der Waals surface area contributed by atoms with E-state index in [4.69, 9.17) is 14.1 Å². The molecule has 1 aromatic heterocycles. The second-order valence-corrected chi connectivity index (χ2v) is 10.6. The highest BCUT2D eigenvalue weighted by Gasteiger charge is 2.30. The van der Waals surface area contributed by atoms with Crippen LogP contribution in [-0.4, -0.2) is 78.8 Å². The molecular weight excluding hydrogens is 538 g/mol. The number of carbonyl (C=O) groups is 4. The predicted molar refractivity (Wildman–Crippen MR) is 157 cm³/mol. The highest BCUT2D eigenvalue weighted by molar-refractivity contribution is 6.11. The number of fused-ring (bicyclic) bond motifs is 1. The number of aryl methyl sites for hydroxylation is 1. The van der Waals surface area contributed by atoms with Crippen LogP contribution < -0.4 is 10.6 Å². The molecule has 0 aliphatic carbocycles. The van der Waals surface area contributed by atoms with Gasteiger partial charge in [0.2, 0.25) is 17.8 Å². The molecule has 11 heteroatoms. The maximum atomic E-state index is 13.6. The number of hydrogen-bond donors (Lipinski definition) is 2. The number of guanidine groups is 1. The quantitative estimate of drug-likeness (QED) is 0.261. The standard InChI is InChI=1S/C31H35N5O6/c1-20-17-23-18-24(12-13-26(23)42-20)32-31(34-28(38)21-8-10-22(11-9-21)30(40)41-2)33-25-7-3-4-16-36(29(25)39)19-27(37)35-14-5-6-15-35/h8-13,17-18,25H,3-7,14-16,19H2,1-2H3,(H2,32,33,34,38). The summed E-state index contributed by atoms with van der Waals surface area (Å²) in [7, 11) is 1.29. The van der Waals surface area contributed by atoms with Gasteiger partial charge >= 0.3 is 5.97 Å². The van der Waals surface area contributed by atoms with E-state index in [1.807, 2.05) is 30.0 Å². The molecule has 2 saturated heterocycles.